The fourth-order valence-corrected chi connectivity index (χ4v) is 4.29. The largest absolute Gasteiger partial charge is 0.459 e. The number of hydrogen-bond acceptors (Lipinski definition) is 6. The van der Waals surface area contributed by atoms with E-state index in [-0.39, 0.29) is 25.2 Å². The average Bonchev–Trinajstić information content (AvgIpc) is 3.54. The third-order valence-corrected chi connectivity index (χ3v) is 6.13. The van der Waals surface area contributed by atoms with Gasteiger partial charge in [0.1, 0.15) is 0 Å². The standard InChI is InChI=1S/C25H27NO6/c27-14-17-3-5-18(6-4-17)15-29-24-13-20(19-7-8-21-22(11-19)31-16-30-21)12-23(32-24)25(28)26-9-1-2-10-26/h3-8,11-12,20,24,27H,1-2,9-10,13-16H2/t20-,24+/m1/s1. The van der Waals surface area contributed by atoms with Crippen molar-refractivity contribution in [2.45, 2.75) is 44.7 Å². The fraction of sp³-hybridized carbons (Fsp3) is 0.400. The third-order valence-electron chi connectivity index (χ3n) is 6.13. The number of aliphatic hydroxyl groups excluding tert-OH is 1. The minimum atomic E-state index is -0.547. The average molecular weight is 437 g/mol. The molecular formula is C25H27NO6. The highest BCUT2D eigenvalue weighted by atomic mass is 16.7. The number of nitrogens with zero attached hydrogens (tertiary/aromatic N) is 1. The summed E-state index contributed by atoms with van der Waals surface area (Å²) in [5.74, 6) is 1.69. The van der Waals surface area contributed by atoms with Gasteiger partial charge in [0.2, 0.25) is 13.1 Å². The van der Waals surface area contributed by atoms with Crippen LogP contribution in [0.5, 0.6) is 11.5 Å². The number of rotatable bonds is 6. The lowest BCUT2D eigenvalue weighted by atomic mass is 9.92. The van der Waals surface area contributed by atoms with Crippen molar-refractivity contribution >= 4 is 5.91 Å². The van der Waals surface area contributed by atoms with E-state index in [0.717, 1.165) is 54.1 Å². The summed E-state index contributed by atoms with van der Waals surface area (Å²) in [4.78, 5) is 14.9. The number of likely N-dealkylation sites (tertiary alicyclic amines) is 1. The zero-order chi connectivity index (χ0) is 21.9. The van der Waals surface area contributed by atoms with Crippen molar-refractivity contribution in [1.82, 2.24) is 4.90 Å². The number of allylic oxidation sites excluding steroid dienone is 1. The van der Waals surface area contributed by atoms with Crippen LogP contribution in [0.4, 0.5) is 0 Å². The Morgan fingerprint density at radius 2 is 1.78 bits per heavy atom. The first-order valence-electron chi connectivity index (χ1n) is 11.1. The van der Waals surface area contributed by atoms with Crippen LogP contribution in [-0.4, -0.2) is 42.1 Å². The molecule has 1 saturated heterocycles. The van der Waals surface area contributed by atoms with Gasteiger partial charge in [-0.05, 0) is 47.7 Å². The van der Waals surface area contributed by atoms with Crippen molar-refractivity contribution in [3.8, 4) is 11.5 Å². The Bertz CT molecular complexity index is 996. The Balaban J connectivity index is 1.34. The number of carbonyl (C=O) groups is 1. The van der Waals surface area contributed by atoms with Crippen molar-refractivity contribution in [3.05, 3.63) is 71.0 Å². The van der Waals surface area contributed by atoms with Crippen LogP contribution in [0.3, 0.4) is 0 Å². The Hall–Kier alpha value is -3.03. The summed E-state index contributed by atoms with van der Waals surface area (Å²) in [7, 11) is 0. The van der Waals surface area contributed by atoms with Crippen molar-refractivity contribution in [3.63, 3.8) is 0 Å². The third kappa shape index (κ3) is 4.45. The number of amides is 1. The predicted octanol–water partition coefficient (Wildman–Crippen LogP) is 3.46. The van der Waals surface area contributed by atoms with Crippen LogP contribution in [0, 0.1) is 0 Å². The molecule has 1 fully saturated rings. The highest BCUT2D eigenvalue weighted by Gasteiger charge is 2.32. The first-order chi connectivity index (χ1) is 15.7. The molecule has 3 aliphatic heterocycles. The lowest BCUT2D eigenvalue weighted by Crippen LogP contribution is -2.34. The Labute approximate surface area is 187 Å². The molecule has 0 aromatic heterocycles. The summed E-state index contributed by atoms with van der Waals surface area (Å²) in [6.45, 7) is 2.11. The second-order valence-corrected chi connectivity index (χ2v) is 8.32. The molecule has 0 unspecified atom stereocenters. The van der Waals surface area contributed by atoms with Gasteiger partial charge in [-0.15, -0.1) is 0 Å². The molecule has 2 aromatic carbocycles. The van der Waals surface area contributed by atoms with E-state index in [0.29, 0.717) is 18.8 Å². The topological polar surface area (TPSA) is 77.5 Å². The Morgan fingerprint density at radius 1 is 1.03 bits per heavy atom. The maximum Gasteiger partial charge on any atom is 0.288 e. The Kier molecular flexibility index (Phi) is 6.01. The summed E-state index contributed by atoms with van der Waals surface area (Å²) in [5, 5.41) is 9.22. The first-order valence-corrected chi connectivity index (χ1v) is 11.1. The first kappa shape index (κ1) is 20.8. The summed E-state index contributed by atoms with van der Waals surface area (Å²) in [6.07, 6.45) is 4.00. The van der Waals surface area contributed by atoms with Crippen LogP contribution in [0.25, 0.3) is 0 Å². The molecule has 0 radical (unpaired) electrons. The summed E-state index contributed by atoms with van der Waals surface area (Å²) in [6, 6.07) is 13.5. The number of ether oxygens (including phenoxy) is 4. The van der Waals surface area contributed by atoms with Gasteiger partial charge >= 0.3 is 0 Å². The number of carbonyl (C=O) groups excluding carboxylic acids is 1. The number of hydrogen-bond donors (Lipinski definition) is 1. The van der Waals surface area contributed by atoms with E-state index in [2.05, 4.69) is 0 Å². The molecule has 7 nitrogen and oxygen atoms in total. The van der Waals surface area contributed by atoms with Crippen molar-refractivity contribution in [2.24, 2.45) is 0 Å². The Morgan fingerprint density at radius 3 is 2.56 bits per heavy atom. The van der Waals surface area contributed by atoms with Gasteiger partial charge < -0.3 is 29.0 Å². The molecule has 7 heteroatoms. The van der Waals surface area contributed by atoms with E-state index in [1.807, 2.05) is 53.4 Å². The maximum absolute atomic E-state index is 13.1. The highest BCUT2D eigenvalue weighted by Crippen LogP contribution is 2.39. The lowest BCUT2D eigenvalue weighted by molar-refractivity contribution is -0.155. The van der Waals surface area contributed by atoms with E-state index < -0.39 is 6.29 Å². The van der Waals surface area contributed by atoms with Crippen LogP contribution in [0.15, 0.2) is 54.3 Å². The normalized spacial score (nSPS) is 21.9. The van der Waals surface area contributed by atoms with Crippen LogP contribution in [-0.2, 0) is 27.5 Å². The molecule has 5 rings (SSSR count). The monoisotopic (exact) mass is 437 g/mol. The van der Waals surface area contributed by atoms with Crippen molar-refractivity contribution < 1.29 is 28.8 Å². The number of benzene rings is 2. The van der Waals surface area contributed by atoms with Gasteiger partial charge in [0.05, 0.1) is 13.2 Å². The van der Waals surface area contributed by atoms with E-state index >= 15 is 0 Å². The van der Waals surface area contributed by atoms with Crippen LogP contribution in [0.2, 0.25) is 0 Å². The van der Waals surface area contributed by atoms with Gasteiger partial charge in [-0.1, -0.05) is 30.3 Å². The molecule has 1 amide bonds. The molecule has 168 valence electrons. The zero-order valence-corrected chi connectivity index (χ0v) is 17.9. The van der Waals surface area contributed by atoms with Gasteiger partial charge in [-0.3, -0.25) is 4.79 Å². The second-order valence-electron chi connectivity index (χ2n) is 8.32. The van der Waals surface area contributed by atoms with Crippen LogP contribution < -0.4 is 9.47 Å². The van der Waals surface area contributed by atoms with E-state index in [1.165, 1.54) is 0 Å². The molecule has 0 aliphatic carbocycles. The minimum absolute atomic E-state index is 0.0108. The zero-order valence-electron chi connectivity index (χ0n) is 17.9. The molecular weight excluding hydrogens is 410 g/mol. The molecule has 32 heavy (non-hydrogen) atoms. The number of aliphatic hydroxyl groups is 1. The van der Waals surface area contributed by atoms with E-state index in [1.54, 1.807) is 0 Å². The van der Waals surface area contributed by atoms with Crippen LogP contribution in [0.1, 0.15) is 41.9 Å². The van der Waals surface area contributed by atoms with E-state index in [4.69, 9.17) is 18.9 Å². The maximum atomic E-state index is 13.1. The van der Waals surface area contributed by atoms with Crippen LogP contribution >= 0.6 is 0 Å². The predicted molar refractivity (Wildman–Crippen MR) is 116 cm³/mol. The summed E-state index contributed by atoms with van der Waals surface area (Å²) < 4.78 is 23.1. The summed E-state index contributed by atoms with van der Waals surface area (Å²) >= 11 is 0. The summed E-state index contributed by atoms with van der Waals surface area (Å²) in [5.41, 5.74) is 2.87. The highest BCUT2D eigenvalue weighted by molar-refractivity contribution is 5.92. The van der Waals surface area contributed by atoms with Gasteiger partial charge in [0.25, 0.3) is 5.91 Å². The molecule has 0 saturated carbocycles. The molecule has 0 bridgehead atoms. The molecule has 0 spiro atoms. The molecule has 3 aliphatic rings. The van der Waals surface area contributed by atoms with Gasteiger partial charge in [0, 0.05) is 25.4 Å². The van der Waals surface area contributed by atoms with Gasteiger partial charge in [-0.2, -0.15) is 0 Å². The van der Waals surface area contributed by atoms with Crippen molar-refractivity contribution in [1.29, 1.82) is 0 Å². The van der Waals surface area contributed by atoms with Gasteiger partial charge in [-0.25, -0.2) is 0 Å². The SMILES string of the molecule is O=C(C1=C[C@@H](c2ccc3c(c2)OCO3)C[C@@H](OCc2ccc(CO)cc2)O1)N1CCCC1. The smallest absolute Gasteiger partial charge is 0.288 e. The van der Waals surface area contributed by atoms with E-state index in [9.17, 15) is 9.90 Å². The lowest BCUT2D eigenvalue weighted by Gasteiger charge is -2.31. The fourth-order valence-electron chi connectivity index (χ4n) is 4.29. The molecule has 1 N–H and O–H groups in total. The molecule has 2 aromatic rings. The van der Waals surface area contributed by atoms with Crippen molar-refractivity contribution in [2.75, 3.05) is 19.9 Å². The minimum Gasteiger partial charge on any atom is -0.459 e. The molecule has 3 heterocycles. The molecule has 2 atom stereocenters. The number of fused-ring (bicyclic) bond motifs is 1. The van der Waals surface area contributed by atoms with Gasteiger partial charge in [0.15, 0.2) is 17.3 Å². The second kappa shape index (κ2) is 9.22. The quantitative estimate of drug-likeness (QED) is 0.746.